The van der Waals surface area contributed by atoms with Gasteiger partial charge < -0.3 is 14.1 Å². The number of aryl methyl sites for hydroxylation is 1. The van der Waals surface area contributed by atoms with Crippen molar-refractivity contribution in [3.05, 3.63) is 48.0 Å². The highest BCUT2D eigenvalue weighted by Crippen LogP contribution is 2.32. The molecule has 0 bridgehead atoms. The van der Waals surface area contributed by atoms with Crippen LogP contribution in [0.15, 0.2) is 41.1 Å². The summed E-state index contributed by atoms with van der Waals surface area (Å²) < 4.78 is 13.0. The van der Waals surface area contributed by atoms with Gasteiger partial charge in [-0.1, -0.05) is 0 Å². The number of rotatable bonds is 4. The average molecular weight is 339 g/mol. The highest BCUT2D eigenvalue weighted by molar-refractivity contribution is 6.07. The summed E-state index contributed by atoms with van der Waals surface area (Å²) in [6.45, 7) is 3.33. The van der Waals surface area contributed by atoms with Crippen LogP contribution < -0.4 is 4.74 Å². The van der Waals surface area contributed by atoms with Crippen molar-refractivity contribution in [2.24, 2.45) is 0 Å². The molecule has 1 amide bonds. The lowest BCUT2D eigenvalue weighted by Gasteiger charge is -2.24. The predicted molar refractivity (Wildman–Crippen MR) is 93.8 cm³/mol. The smallest absolute Gasteiger partial charge is 0.258 e. The van der Waals surface area contributed by atoms with Crippen molar-refractivity contribution in [1.82, 2.24) is 14.7 Å². The number of carbonyl (C=O) groups excluding carboxylic acids is 1. The molecule has 0 spiro atoms. The summed E-state index contributed by atoms with van der Waals surface area (Å²) in [5, 5.41) is 5.08. The zero-order valence-electron chi connectivity index (χ0n) is 14.4. The topological polar surface area (TPSA) is 60.5 Å². The van der Waals surface area contributed by atoms with Gasteiger partial charge in [0.1, 0.15) is 17.1 Å². The van der Waals surface area contributed by atoms with Crippen LogP contribution in [0.2, 0.25) is 0 Å². The van der Waals surface area contributed by atoms with Gasteiger partial charge in [-0.3, -0.25) is 9.48 Å². The van der Waals surface area contributed by atoms with E-state index in [1.165, 1.54) is 0 Å². The molecular formula is C19H21N3O3. The Balaban J connectivity index is 1.67. The van der Waals surface area contributed by atoms with Gasteiger partial charge in [0.05, 0.1) is 25.3 Å². The highest BCUT2D eigenvalue weighted by Gasteiger charge is 2.32. The van der Waals surface area contributed by atoms with Gasteiger partial charge in [0.25, 0.3) is 5.91 Å². The first kappa shape index (κ1) is 15.7. The normalized spacial score (nSPS) is 17.4. The average Bonchev–Trinajstić information content (AvgIpc) is 3.33. The van der Waals surface area contributed by atoms with Crippen LogP contribution in [0.4, 0.5) is 0 Å². The van der Waals surface area contributed by atoms with E-state index in [9.17, 15) is 4.79 Å². The van der Waals surface area contributed by atoms with Crippen molar-refractivity contribution in [2.45, 2.75) is 32.4 Å². The van der Waals surface area contributed by atoms with Gasteiger partial charge >= 0.3 is 0 Å². The number of methoxy groups -OCH3 is 1. The lowest BCUT2D eigenvalue weighted by molar-refractivity contribution is 0.0721. The summed E-state index contributed by atoms with van der Waals surface area (Å²) >= 11 is 0. The molecular weight excluding hydrogens is 318 g/mol. The Morgan fingerprint density at radius 3 is 3.08 bits per heavy atom. The van der Waals surface area contributed by atoms with Crippen LogP contribution in [0.1, 0.15) is 29.0 Å². The van der Waals surface area contributed by atoms with Crippen molar-refractivity contribution in [3.63, 3.8) is 0 Å². The third kappa shape index (κ3) is 2.77. The van der Waals surface area contributed by atoms with E-state index in [0.717, 1.165) is 37.1 Å². The number of hydrogen-bond acceptors (Lipinski definition) is 4. The number of carbonyl (C=O) groups is 1. The van der Waals surface area contributed by atoms with E-state index in [4.69, 9.17) is 9.15 Å². The van der Waals surface area contributed by atoms with Crippen molar-refractivity contribution < 1.29 is 13.9 Å². The standard InChI is InChI=1S/C19H21N3O3/c1-13-18(16-11-15(24-2)6-7-17(16)25-13)19(23)22-10-3-5-14(22)12-21-9-4-8-20-21/h4,6-9,11,14H,3,5,10,12H2,1-2H3/t14-/m1/s1. The molecule has 3 heterocycles. The summed E-state index contributed by atoms with van der Waals surface area (Å²) in [6.07, 6.45) is 5.70. The molecule has 1 aromatic carbocycles. The molecule has 0 saturated carbocycles. The number of hydrogen-bond donors (Lipinski definition) is 0. The number of furan rings is 1. The number of aromatic nitrogens is 2. The molecule has 1 saturated heterocycles. The van der Waals surface area contributed by atoms with Crippen molar-refractivity contribution in [3.8, 4) is 5.75 Å². The SMILES string of the molecule is COc1ccc2oc(C)c(C(=O)N3CCC[C@@H]3Cn3cccn3)c2c1. The second kappa shape index (κ2) is 6.27. The molecule has 130 valence electrons. The van der Waals surface area contributed by atoms with Crippen LogP contribution in [-0.4, -0.2) is 40.3 Å². The van der Waals surface area contributed by atoms with Crippen LogP contribution in [0.5, 0.6) is 5.75 Å². The van der Waals surface area contributed by atoms with E-state index < -0.39 is 0 Å². The molecule has 0 aliphatic carbocycles. The van der Waals surface area contributed by atoms with E-state index >= 15 is 0 Å². The summed E-state index contributed by atoms with van der Waals surface area (Å²) in [5.41, 5.74) is 1.35. The molecule has 2 aromatic heterocycles. The fourth-order valence-electron chi connectivity index (χ4n) is 3.65. The maximum absolute atomic E-state index is 13.3. The molecule has 1 fully saturated rings. The Morgan fingerprint density at radius 2 is 2.32 bits per heavy atom. The Morgan fingerprint density at radius 1 is 1.44 bits per heavy atom. The molecule has 1 atom stereocenters. The van der Waals surface area contributed by atoms with Gasteiger partial charge in [0.15, 0.2) is 0 Å². The van der Waals surface area contributed by atoms with Crippen molar-refractivity contribution in [2.75, 3.05) is 13.7 Å². The molecule has 3 aromatic rings. The summed E-state index contributed by atoms with van der Waals surface area (Å²) in [7, 11) is 1.62. The molecule has 6 nitrogen and oxygen atoms in total. The molecule has 25 heavy (non-hydrogen) atoms. The summed E-state index contributed by atoms with van der Waals surface area (Å²) in [4.78, 5) is 15.2. The minimum Gasteiger partial charge on any atom is -0.497 e. The Bertz CT molecular complexity index is 898. The second-order valence-electron chi connectivity index (χ2n) is 6.42. The third-order valence-electron chi connectivity index (χ3n) is 4.88. The van der Waals surface area contributed by atoms with E-state index in [0.29, 0.717) is 16.9 Å². The Kier molecular flexibility index (Phi) is 3.95. The van der Waals surface area contributed by atoms with Gasteiger partial charge in [0, 0.05) is 24.3 Å². The van der Waals surface area contributed by atoms with Crippen molar-refractivity contribution in [1.29, 1.82) is 0 Å². The van der Waals surface area contributed by atoms with Crippen LogP contribution in [0, 0.1) is 6.92 Å². The summed E-state index contributed by atoms with van der Waals surface area (Å²) in [6, 6.07) is 7.63. The lowest BCUT2D eigenvalue weighted by Crippen LogP contribution is -2.38. The van der Waals surface area contributed by atoms with E-state index in [1.54, 1.807) is 13.3 Å². The van der Waals surface area contributed by atoms with Crippen LogP contribution in [0.25, 0.3) is 11.0 Å². The van der Waals surface area contributed by atoms with Gasteiger partial charge in [-0.2, -0.15) is 5.10 Å². The van der Waals surface area contributed by atoms with Gasteiger partial charge in [-0.05, 0) is 44.0 Å². The maximum Gasteiger partial charge on any atom is 0.258 e. The van der Waals surface area contributed by atoms with Crippen molar-refractivity contribution >= 4 is 16.9 Å². The second-order valence-corrected chi connectivity index (χ2v) is 6.42. The van der Waals surface area contributed by atoms with E-state index in [-0.39, 0.29) is 11.9 Å². The monoisotopic (exact) mass is 339 g/mol. The maximum atomic E-state index is 13.3. The number of benzene rings is 1. The number of likely N-dealkylation sites (tertiary alicyclic amines) is 1. The zero-order valence-corrected chi connectivity index (χ0v) is 14.4. The first-order chi connectivity index (χ1) is 12.2. The molecule has 1 aliphatic heterocycles. The Hall–Kier alpha value is -2.76. The van der Waals surface area contributed by atoms with Gasteiger partial charge in [-0.25, -0.2) is 0 Å². The largest absolute Gasteiger partial charge is 0.497 e. The van der Waals surface area contributed by atoms with Crippen LogP contribution in [0.3, 0.4) is 0 Å². The fourth-order valence-corrected chi connectivity index (χ4v) is 3.65. The molecule has 0 radical (unpaired) electrons. The lowest BCUT2D eigenvalue weighted by atomic mass is 10.1. The van der Waals surface area contributed by atoms with Crippen LogP contribution in [-0.2, 0) is 6.54 Å². The molecule has 6 heteroatoms. The Labute approximate surface area is 146 Å². The molecule has 4 rings (SSSR count). The molecule has 0 N–H and O–H groups in total. The number of amides is 1. The van der Waals surface area contributed by atoms with Gasteiger partial charge in [-0.15, -0.1) is 0 Å². The highest BCUT2D eigenvalue weighted by atomic mass is 16.5. The zero-order chi connectivity index (χ0) is 17.4. The van der Waals surface area contributed by atoms with E-state index in [1.807, 2.05) is 47.0 Å². The third-order valence-corrected chi connectivity index (χ3v) is 4.88. The quantitative estimate of drug-likeness (QED) is 0.732. The van der Waals surface area contributed by atoms with Gasteiger partial charge in [0.2, 0.25) is 0 Å². The van der Waals surface area contributed by atoms with E-state index in [2.05, 4.69) is 5.10 Å². The summed E-state index contributed by atoms with van der Waals surface area (Å²) in [5.74, 6) is 1.40. The number of ether oxygens (including phenoxy) is 1. The first-order valence-electron chi connectivity index (χ1n) is 8.53. The minimum atomic E-state index is 0.0270. The molecule has 1 aliphatic rings. The molecule has 0 unspecified atom stereocenters. The fraction of sp³-hybridized carbons (Fsp3) is 0.368. The number of nitrogens with zero attached hydrogens (tertiary/aromatic N) is 3. The van der Waals surface area contributed by atoms with Crippen LogP contribution >= 0.6 is 0 Å². The minimum absolute atomic E-state index is 0.0270. The predicted octanol–water partition coefficient (Wildman–Crippen LogP) is 3.25. The first-order valence-corrected chi connectivity index (χ1v) is 8.53. The number of fused-ring (bicyclic) bond motifs is 1.